The fourth-order valence-electron chi connectivity index (χ4n) is 3.39. The number of benzene rings is 1. The number of hydrogen-bond acceptors (Lipinski definition) is 5. The van der Waals surface area contributed by atoms with E-state index in [4.69, 9.17) is 21.1 Å². The third-order valence-electron chi connectivity index (χ3n) is 4.87. The Labute approximate surface area is 173 Å². The lowest BCUT2D eigenvalue weighted by Crippen LogP contribution is -2.44. The van der Waals surface area contributed by atoms with Gasteiger partial charge in [0.2, 0.25) is 0 Å². The molecular formula is C21H21ClN4O3. The van der Waals surface area contributed by atoms with E-state index in [-0.39, 0.29) is 12.0 Å². The summed E-state index contributed by atoms with van der Waals surface area (Å²) < 4.78 is 11.3. The molecule has 8 heteroatoms. The highest BCUT2D eigenvalue weighted by molar-refractivity contribution is 6.31. The molecule has 1 unspecified atom stereocenters. The van der Waals surface area contributed by atoms with Crippen LogP contribution in [0.2, 0.25) is 5.02 Å². The second kappa shape index (κ2) is 8.53. The topological polar surface area (TPSA) is 80.3 Å². The van der Waals surface area contributed by atoms with Crippen molar-refractivity contribution in [2.75, 3.05) is 20.2 Å². The van der Waals surface area contributed by atoms with E-state index in [1.807, 2.05) is 24.3 Å². The van der Waals surface area contributed by atoms with Gasteiger partial charge in [0.1, 0.15) is 28.3 Å². The Bertz CT molecular complexity index is 1010. The van der Waals surface area contributed by atoms with Gasteiger partial charge >= 0.3 is 0 Å². The van der Waals surface area contributed by atoms with Gasteiger partial charge in [-0.3, -0.25) is 14.9 Å². The van der Waals surface area contributed by atoms with E-state index in [2.05, 4.69) is 15.2 Å². The lowest BCUT2D eigenvalue weighted by molar-refractivity contribution is 0.0532. The van der Waals surface area contributed by atoms with Crippen molar-refractivity contribution >= 4 is 17.5 Å². The number of ether oxygens (including phenoxy) is 2. The Balaban J connectivity index is 1.45. The minimum Gasteiger partial charge on any atom is -0.497 e. The second-order valence-electron chi connectivity index (χ2n) is 6.84. The highest BCUT2D eigenvalue weighted by atomic mass is 35.5. The lowest BCUT2D eigenvalue weighted by atomic mass is 10.1. The molecule has 7 nitrogen and oxygen atoms in total. The molecule has 0 spiro atoms. The van der Waals surface area contributed by atoms with Crippen molar-refractivity contribution in [2.24, 2.45) is 0 Å². The highest BCUT2D eigenvalue weighted by Crippen LogP contribution is 2.27. The van der Waals surface area contributed by atoms with Crippen LogP contribution in [0.5, 0.6) is 11.5 Å². The smallest absolute Gasteiger partial charge is 0.272 e. The van der Waals surface area contributed by atoms with Crippen molar-refractivity contribution in [2.45, 2.75) is 18.9 Å². The van der Waals surface area contributed by atoms with Crippen LogP contribution in [-0.4, -0.2) is 52.3 Å². The van der Waals surface area contributed by atoms with E-state index < -0.39 is 0 Å². The molecule has 3 heterocycles. The molecule has 0 saturated carbocycles. The number of carbonyl (C=O) groups excluding carboxylic acids is 1. The summed E-state index contributed by atoms with van der Waals surface area (Å²) >= 11 is 6.13. The molecule has 0 radical (unpaired) electrons. The molecule has 1 aromatic carbocycles. The Morgan fingerprint density at radius 3 is 3.03 bits per heavy atom. The third kappa shape index (κ3) is 4.35. The molecule has 1 fully saturated rings. The number of aromatic amines is 1. The Hall–Kier alpha value is -3.06. The zero-order chi connectivity index (χ0) is 20.2. The maximum Gasteiger partial charge on any atom is 0.272 e. The van der Waals surface area contributed by atoms with Crippen molar-refractivity contribution in [3.05, 3.63) is 59.5 Å². The number of halogens is 1. The number of likely N-dealkylation sites (tertiary alicyclic amines) is 1. The average Bonchev–Trinajstić information content (AvgIpc) is 3.25. The van der Waals surface area contributed by atoms with Crippen molar-refractivity contribution < 1.29 is 14.3 Å². The first-order valence-corrected chi connectivity index (χ1v) is 9.77. The molecule has 1 aliphatic heterocycles. The quantitative estimate of drug-likeness (QED) is 0.689. The molecule has 2 aromatic heterocycles. The molecule has 150 valence electrons. The highest BCUT2D eigenvalue weighted by Gasteiger charge is 2.27. The summed E-state index contributed by atoms with van der Waals surface area (Å²) in [6.45, 7) is 1.17. The third-order valence-corrected chi connectivity index (χ3v) is 5.15. The summed E-state index contributed by atoms with van der Waals surface area (Å²) in [7, 11) is 1.62. The monoisotopic (exact) mass is 412 g/mol. The normalized spacial score (nSPS) is 16.5. The summed E-state index contributed by atoms with van der Waals surface area (Å²) in [5, 5.41) is 7.62. The maximum atomic E-state index is 13.0. The molecule has 1 atom stereocenters. The summed E-state index contributed by atoms with van der Waals surface area (Å²) in [5.74, 6) is 1.23. The Morgan fingerprint density at radius 1 is 1.31 bits per heavy atom. The summed E-state index contributed by atoms with van der Waals surface area (Å²) in [6.07, 6.45) is 4.79. The second-order valence-corrected chi connectivity index (χ2v) is 7.25. The predicted octanol–water partition coefficient (Wildman–Crippen LogP) is 3.82. The summed E-state index contributed by atoms with van der Waals surface area (Å²) in [4.78, 5) is 18.7. The van der Waals surface area contributed by atoms with Crippen molar-refractivity contribution in [1.29, 1.82) is 0 Å². The summed E-state index contributed by atoms with van der Waals surface area (Å²) in [5.41, 5.74) is 2.03. The maximum absolute atomic E-state index is 13.0. The van der Waals surface area contributed by atoms with Gasteiger partial charge in [-0.2, -0.15) is 5.10 Å². The Kier molecular flexibility index (Phi) is 5.67. The molecule has 4 rings (SSSR count). The average molecular weight is 413 g/mol. The first kappa shape index (κ1) is 19.3. The fourth-order valence-corrected chi connectivity index (χ4v) is 3.55. The SMILES string of the molecule is COc1cccc(-c2cc(C(=O)N3CCCC(Oc4ccncc4Cl)C3)[nH]n2)c1. The van der Waals surface area contributed by atoms with E-state index in [0.717, 1.165) is 24.2 Å². The number of nitrogens with one attached hydrogen (secondary N) is 1. The molecule has 1 saturated heterocycles. The minimum absolute atomic E-state index is 0.0965. The molecule has 1 aliphatic rings. The minimum atomic E-state index is -0.117. The fraction of sp³-hybridized carbons (Fsp3) is 0.286. The summed E-state index contributed by atoms with van der Waals surface area (Å²) in [6, 6.07) is 11.1. The van der Waals surface area contributed by atoms with E-state index in [0.29, 0.717) is 35.2 Å². The van der Waals surface area contributed by atoms with Gasteiger partial charge in [-0.15, -0.1) is 0 Å². The molecule has 0 aliphatic carbocycles. The largest absolute Gasteiger partial charge is 0.497 e. The molecule has 29 heavy (non-hydrogen) atoms. The van der Waals surface area contributed by atoms with Crippen LogP contribution < -0.4 is 9.47 Å². The molecule has 1 amide bonds. The number of piperidine rings is 1. The van der Waals surface area contributed by atoms with Crippen molar-refractivity contribution in [3.63, 3.8) is 0 Å². The first-order valence-electron chi connectivity index (χ1n) is 9.39. The number of carbonyl (C=O) groups is 1. The van der Waals surface area contributed by atoms with Gasteiger partial charge in [-0.25, -0.2) is 0 Å². The van der Waals surface area contributed by atoms with E-state index in [1.54, 1.807) is 36.5 Å². The number of H-pyrrole nitrogens is 1. The van der Waals surface area contributed by atoms with Gasteiger partial charge in [0.05, 0.1) is 19.3 Å². The van der Waals surface area contributed by atoms with Crippen molar-refractivity contribution in [1.82, 2.24) is 20.1 Å². The number of rotatable bonds is 5. The van der Waals surface area contributed by atoms with Crippen LogP contribution in [0.1, 0.15) is 23.3 Å². The van der Waals surface area contributed by atoms with Crippen LogP contribution in [0.15, 0.2) is 48.8 Å². The molecule has 0 bridgehead atoms. The van der Waals surface area contributed by atoms with Crippen molar-refractivity contribution in [3.8, 4) is 22.8 Å². The van der Waals surface area contributed by atoms with Crippen LogP contribution in [0.4, 0.5) is 0 Å². The van der Waals surface area contributed by atoms with Crippen LogP contribution in [0.25, 0.3) is 11.3 Å². The van der Waals surface area contributed by atoms with Crippen LogP contribution in [-0.2, 0) is 0 Å². The van der Waals surface area contributed by atoms with Gasteiger partial charge in [0, 0.05) is 30.6 Å². The van der Waals surface area contributed by atoms with Gasteiger partial charge in [-0.1, -0.05) is 23.7 Å². The van der Waals surface area contributed by atoms with Gasteiger partial charge in [-0.05, 0) is 31.0 Å². The van der Waals surface area contributed by atoms with E-state index in [9.17, 15) is 4.79 Å². The van der Waals surface area contributed by atoms with Gasteiger partial charge in [0.25, 0.3) is 5.91 Å². The zero-order valence-electron chi connectivity index (χ0n) is 16.0. The number of aromatic nitrogens is 3. The molecule has 3 aromatic rings. The van der Waals surface area contributed by atoms with E-state index >= 15 is 0 Å². The zero-order valence-corrected chi connectivity index (χ0v) is 16.7. The Morgan fingerprint density at radius 2 is 2.21 bits per heavy atom. The molecular weight excluding hydrogens is 392 g/mol. The standard InChI is InChI=1S/C21H21ClN4O3/c1-28-15-5-2-4-14(10-15)18-11-19(25-24-18)21(27)26-9-3-6-16(13-26)29-20-7-8-23-12-17(20)22/h2,4-5,7-8,10-12,16H,3,6,9,13H2,1H3,(H,24,25). The number of nitrogens with zero attached hydrogens (tertiary/aromatic N) is 3. The van der Waals surface area contributed by atoms with Gasteiger partial charge in [0.15, 0.2) is 0 Å². The lowest BCUT2D eigenvalue weighted by Gasteiger charge is -2.32. The van der Waals surface area contributed by atoms with Crippen LogP contribution >= 0.6 is 11.6 Å². The van der Waals surface area contributed by atoms with Crippen LogP contribution in [0, 0.1) is 0 Å². The number of pyridine rings is 1. The molecule has 1 N–H and O–H groups in total. The predicted molar refractivity (Wildman–Crippen MR) is 109 cm³/mol. The van der Waals surface area contributed by atoms with E-state index in [1.165, 1.54) is 0 Å². The number of methoxy groups -OCH3 is 1. The first-order chi connectivity index (χ1) is 14.1. The van der Waals surface area contributed by atoms with Gasteiger partial charge < -0.3 is 14.4 Å². The van der Waals surface area contributed by atoms with Crippen LogP contribution in [0.3, 0.4) is 0 Å². The number of hydrogen-bond donors (Lipinski definition) is 1. The number of amides is 1.